The van der Waals surface area contributed by atoms with Crippen molar-refractivity contribution in [1.29, 1.82) is 0 Å². The minimum absolute atomic E-state index is 0.739. The molecule has 3 heteroatoms. The zero-order chi connectivity index (χ0) is 13.9. The van der Waals surface area contributed by atoms with Crippen molar-refractivity contribution in [2.75, 3.05) is 11.4 Å². The van der Waals surface area contributed by atoms with Crippen LogP contribution in [0.5, 0.6) is 0 Å². The molecule has 0 unspecified atom stereocenters. The van der Waals surface area contributed by atoms with Crippen molar-refractivity contribution in [1.82, 2.24) is 10.3 Å². The average molecular weight is 273 g/mol. The highest BCUT2D eigenvalue weighted by atomic mass is 15.2. The maximum absolute atomic E-state index is 4.70. The number of rotatable bonds is 8. The van der Waals surface area contributed by atoms with E-state index < -0.39 is 0 Å². The summed E-state index contributed by atoms with van der Waals surface area (Å²) >= 11 is 0. The summed E-state index contributed by atoms with van der Waals surface area (Å²) in [5.41, 5.74) is 1.37. The van der Waals surface area contributed by atoms with Crippen LogP contribution in [0.4, 0.5) is 5.82 Å². The fourth-order valence-corrected chi connectivity index (χ4v) is 2.61. The van der Waals surface area contributed by atoms with E-state index in [-0.39, 0.29) is 0 Å². The number of hydrogen-bond donors (Lipinski definition) is 1. The van der Waals surface area contributed by atoms with E-state index in [2.05, 4.69) is 36.2 Å². The third kappa shape index (κ3) is 3.72. The zero-order valence-electron chi connectivity index (χ0n) is 12.8. The van der Waals surface area contributed by atoms with Gasteiger partial charge in [0.2, 0.25) is 0 Å². The van der Waals surface area contributed by atoms with Crippen molar-refractivity contribution in [2.45, 2.75) is 64.6 Å². The molecule has 2 aliphatic rings. The number of anilines is 1. The number of aromatic nitrogens is 1. The molecule has 0 radical (unpaired) electrons. The number of pyridine rings is 1. The molecule has 0 spiro atoms. The van der Waals surface area contributed by atoms with Crippen LogP contribution in [0.2, 0.25) is 0 Å². The molecule has 0 aliphatic heterocycles. The van der Waals surface area contributed by atoms with Crippen molar-refractivity contribution in [3.63, 3.8) is 0 Å². The van der Waals surface area contributed by atoms with Crippen LogP contribution in [0, 0.1) is 5.92 Å². The summed E-state index contributed by atoms with van der Waals surface area (Å²) in [5, 5.41) is 3.63. The second-order valence-corrected chi connectivity index (χ2v) is 6.75. The topological polar surface area (TPSA) is 28.2 Å². The molecule has 1 N–H and O–H groups in total. The SMILES string of the molecule is CC(C)CCN(c1ncccc1CNC1CC1)C1CC1. The summed E-state index contributed by atoms with van der Waals surface area (Å²) in [7, 11) is 0. The maximum Gasteiger partial charge on any atom is 0.133 e. The van der Waals surface area contributed by atoms with Gasteiger partial charge in [0.15, 0.2) is 0 Å². The van der Waals surface area contributed by atoms with Crippen molar-refractivity contribution >= 4 is 5.82 Å². The summed E-state index contributed by atoms with van der Waals surface area (Å²) in [4.78, 5) is 7.26. The molecule has 1 heterocycles. The van der Waals surface area contributed by atoms with Gasteiger partial charge in [-0.2, -0.15) is 0 Å². The first-order valence-corrected chi connectivity index (χ1v) is 8.18. The van der Waals surface area contributed by atoms with Crippen LogP contribution in [0.25, 0.3) is 0 Å². The maximum atomic E-state index is 4.70. The highest BCUT2D eigenvalue weighted by molar-refractivity contribution is 5.49. The summed E-state index contributed by atoms with van der Waals surface area (Å²) in [5.74, 6) is 1.98. The number of hydrogen-bond acceptors (Lipinski definition) is 3. The van der Waals surface area contributed by atoms with E-state index >= 15 is 0 Å². The highest BCUT2D eigenvalue weighted by Crippen LogP contribution is 2.33. The molecule has 20 heavy (non-hydrogen) atoms. The van der Waals surface area contributed by atoms with Crippen LogP contribution in [0.1, 0.15) is 51.5 Å². The molecule has 0 aromatic carbocycles. The van der Waals surface area contributed by atoms with Crippen LogP contribution >= 0.6 is 0 Å². The van der Waals surface area contributed by atoms with E-state index in [1.54, 1.807) is 0 Å². The summed E-state index contributed by atoms with van der Waals surface area (Å²) < 4.78 is 0. The van der Waals surface area contributed by atoms with Crippen LogP contribution in [-0.2, 0) is 6.54 Å². The van der Waals surface area contributed by atoms with Gasteiger partial charge in [0.25, 0.3) is 0 Å². The highest BCUT2D eigenvalue weighted by Gasteiger charge is 2.31. The normalized spacial score (nSPS) is 18.6. The molecule has 0 atom stereocenters. The van der Waals surface area contributed by atoms with Gasteiger partial charge in [-0.05, 0) is 44.1 Å². The first kappa shape index (κ1) is 13.9. The first-order valence-electron chi connectivity index (χ1n) is 8.18. The predicted octanol–water partition coefficient (Wildman–Crippen LogP) is 3.35. The third-order valence-corrected chi connectivity index (χ3v) is 4.23. The Hall–Kier alpha value is -1.09. The summed E-state index contributed by atoms with van der Waals surface area (Å²) in [6.07, 6.45) is 8.56. The lowest BCUT2D eigenvalue weighted by Crippen LogP contribution is -2.30. The Bertz CT molecular complexity index is 436. The van der Waals surface area contributed by atoms with Crippen molar-refractivity contribution in [3.05, 3.63) is 23.9 Å². The lowest BCUT2D eigenvalue weighted by molar-refractivity contribution is 0.566. The molecular weight excluding hydrogens is 246 g/mol. The van der Waals surface area contributed by atoms with E-state index in [0.717, 1.165) is 31.1 Å². The Morgan fingerprint density at radius 3 is 2.75 bits per heavy atom. The monoisotopic (exact) mass is 273 g/mol. The Kier molecular flexibility index (Phi) is 4.25. The summed E-state index contributed by atoms with van der Waals surface area (Å²) in [6.45, 7) is 6.73. The fourth-order valence-electron chi connectivity index (χ4n) is 2.61. The molecule has 0 saturated heterocycles. The van der Waals surface area contributed by atoms with Crippen LogP contribution in [0.15, 0.2) is 18.3 Å². The van der Waals surface area contributed by atoms with E-state index in [1.165, 1.54) is 43.5 Å². The first-order chi connectivity index (χ1) is 9.74. The van der Waals surface area contributed by atoms with Crippen LogP contribution in [-0.4, -0.2) is 23.6 Å². The van der Waals surface area contributed by atoms with Crippen LogP contribution < -0.4 is 10.2 Å². The smallest absolute Gasteiger partial charge is 0.133 e. The van der Waals surface area contributed by atoms with Crippen LogP contribution in [0.3, 0.4) is 0 Å². The molecular formula is C17H27N3. The van der Waals surface area contributed by atoms with Gasteiger partial charge >= 0.3 is 0 Å². The van der Waals surface area contributed by atoms with Gasteiger partial charge < -0.3 is 10.2 Å². The molecule has 110 valence electrons. The Labute approximate surface area is 122 Å². The molecule has 0 amide bonds. The van der Waals surface area contributed by atoms with Gasteiger partial charge in [0.05, 0.1) is 0 Å². The van der Waals surface area contributed by atoms with Gasteiger partial charge in [0, 0.05) is 36.9 Å². The van der Waals surface area contributed by atoms with E-state index in [1.807, 2.05) is 6.20 Å². The van der Waals surface area contributed by atoms with Gasteiger partial charge in [-0.15, -0.1) is 0 Å². The summed E-state index contributed by atoms with van der Waals surface area (Å²) in [6, 6.07) is 5.81. The molecule has 2 saturated carbocycles. The standard InChI is InChI=1S/C17H27N3/c1-13(2)9-11-20(16-7-8-16)17-14(4-3-10-18-17)12-19-15-5-6-15/h3-4,10,13,15-16,19H,5-9,11-12H2,1-2H3. The lowest BCUT2D eigenvalue weighted by atomic mass is 10.1. The predicted molar refractivity (Wildman–Crippen MR) is 83.9 cm³/mol. The Balaban J connectivity index is 1.70. The van der Waals surface area contributed by atoms with Gasteiger partial charge in [-0.25, -0.2) is 4.98 Å². The van der Waals surface area contributed by atoms with E-state index in [9.17, 15) is 0 Å². The average Bonchev–Trinajstić information content (AvgIpc) is 3.31. The molecule has 2 aliphatic carbocycles. The van der Waals surface area contributed by atoms with E-state index in [0.29, 0.717) is 0 Å². The third-order valence-electron chi connectivity index (χ3n) is 4.23. The Morgan fingerprint density at radius 1 is 1.30 bits per heavy atom. The zero-order valence-corrected chi connectivity index (χ0v) is 12.8. The fraction of sp³-hybridized carbons (Fsp3) is 0.706. The minimum atomic E-state index is 0.739. The van der Waals surface area contributed by atoms with E-state index in [4.69, 9.17) is 4.98 Å². The number of nitrogens with zero attached hydrogens (tertiary/aromatic N) is 2. The largest absolute Gasteiger partial charge is 0.353 e. The molecule has 1 aromatic heterocycles. The number of nitrogens with one attached hydrogen (secondary N) is 1. The van der Waals surface area contributed by atoms with Gasteiger partial charge in [-0.3, -0.25) is 0 Å². The molecule has 2 fully saturated rings. The van der Waals surface area contributed by atoms with Gasteiger partial charge in [-0.1, -0.05) is 19.9 Å². The lowest BCUT2D eigenvalue weighted by Gasteiger charge is -2.26. The second-order valence-electron chi connectivity index (χ2n) is 6.75. The molecule has 3 rings (SSSR count). The quantitative estimate of drug-likeness (QED) is 0.787. The minimum Gasteiger partial charge on any atom is -0.353 e. The van der Waals surface area contributed by atoms with Crippen molar-refractivity contribution in [2.24, 2.45) is 5.92 Å². The molecule has 0 bridgehead atoms. The molecule has 3 nitrogen and oxygen atoms in total. The van der Waals surface area contributed by atoms with Crippen molar-refractivity contribution < 1.29 is 0 Å². The van der Waals surface area contributed by atoms with Gasteiger partial charge in [0.1, 0.15) is 5.82 Å². The molecule has 1 aromatic rings. The van der Waals surface area contributed by atoms with Crippen molar-refractivity contribution in [3.8, 4) is 0 Å². The second kappa shape index (κ2) is 6.13. The Morgan fingerprint density at radius 2 is 2.10 bits per heavy atom.